The Morgan fingerprint density at radius 2 is 2.29 bits per heavy atom. The van der Waals surface area contributed by atoms with E-state index in [1.54, 1.807) is 7.05 Å². The minimum Gasteiger partial charge on any atom is -0.450 e. The Morgan fingerprint density at radius 3 is 2.94 bits per heavy atom. The summed E-state index contributed by atoms with van der Waals surface area (Å²) in [5, 5.41) is 5.80. The van der Waals surface area contributed by atoms with Crippen molar-refractivity contribution in [1.29, 1.82) is 0 Å². The molecule has 0 bridgehead atoms. The molecule has 5 heteroatoms. The first-order chi connectivity index (χ1) is 8.31. The summed E-state index contributed by atoms with van der Waals surface area (Å²) in [4.78, 5) is 13.6. The quantitative estimate of drug-likeness (QED) is 0.755. The Kier molecular flexibility index (Phi) is 4.62. The van der Waals surface area contributed by atoms with E-state index in [1.807, 2.05) is 0 Å². The number of hydrogen-bond acceptors (Lipinski definition) is 4. The van der Waals surface area contributed by atoms with Gasteiger partial charge in [0.1, 0.15) is 0 Å². The van der Waals surface area contributed by atoms with Crippen molar-refractivity contribution in [2.45, 2.75) is 37.8 Å². The zero-order chi connectivity index (χ0) is 12.1. The predicted octanol–water partition coefficient (Wildman–Crippen LogP) is 0.559. The van der Waals surface area contributed by atoms with Crippen LogP contribution in [0.25, 0.3) is 0 Å². The number of hydrogen-bond donors (Lipinski definition) is 2. The van der Waals surface area contributed by atoms with Crippen LogP contribution in [-0.2, 0) is 4.74 Å². The Balaban J connectivity index is 1.74. The van der Waals surface area contributed by atoms with Gasteiger partial charge < -0.3 is 15.4 Å². The minimum absolute atomic E-state index is 0.322. The highest BCUT2D eigenvalue weighted by atomic mass is 16.5. The van der Waals surface area contributed by atoms with Crippen LogP contribution in [0.3, 0.4) is 0 Å². The number of alkyl carbamates (subject to hydrolysis) is 1. The molecule has 2 fully saturated rings. The smallest absolute Gasteiger partial charge is 0.406 e. The molecule has 0 aliphatic carbocycles. The molecule has 2 N–H and O–H groups in total. The van der Waals surface area contributed by atoms with Gasteiger partial charge in [0.2, 0.25) is 0 Å². The van der Waals surface area contributed by atoms with Gasteiger partial charge in [0.15, 0.2) is 0 Å². The van der Waals surface area contributed by atoms with E-state index in [1.165, 1.54) is 25.8 Å². The van der Waals surface area contributed by atoms with Gasteiger partial charge in [-0.1, -0.05) is 6.42 Å². The molecule has 0 aromatic heterocycles. The lowest BCUT2D eigenvalue weighted by molar-refractivity contribution is 0.0473. The number of carbonyl (C=O) groups excluding carboxylic acids is 1. The van der Waals surface area contributed by atoms with Crippen molar-refractivity contribution in [2.75, 3.05) is 33.3 Å². The summed E-state index contributed by atoms with van der Waals surface area (Å²) < 4.78 is 5.08. The van der Waals surface area contributed by atoms with Crippen molar-refractivity contribution in [2.24, 2.45) is 0 Å². The molecule has 2 aliphatic heterocycles. The van der Waals surface area contributed by atoms with Crippen molar-refractivity contribution in [3.63, 3.8) is 0 Å². The number of nitrogens with zero attached hydrogens (tertiary/aromatic N) is 1. The lowest BCUT2D eigenvalue weighted by Crippen LogP contribution is -2.61. The van der Waals surface area contributed by atoms with Gasteiger partial charge >= 0.3 is 6.09 Å². The lowest BCUT2D eigenvalue weighted by atomic mass is 9.95. The number of rotatable bonds is 4. The molecule has 0 spiro atoms. The molecule has 2 rings (SSSR count). The predicted molar refractivity (Wildman–Crippen MR) is 66.0 cm³/mol. The number of piperidine rings is 1. The average molecular weight is 241 g/mol. The molecular weight excluding hydrogens is 218 g/mol. The van der Waals surface area contributed by atoms with E-state index >= 15 is 0 Å². The van der Waals surface area contributed by atoms with Crippen LogP contribution >= 0.6 is 0 Å². The summed E-state index contributed by atoms with van der Waals surface area (Å²) in [7, 11) is 1.59. The molecule has 0 aromatic rings. The maximum absolute atomic E-state index is 11.0. The third kappa shape index (κ3) is 3.33. The maximum atomic E-state index is 11.0. The van der Waals surface area contributed by atoms with E-state index in [9.17, 15) is 4.79 Å². The summed E-state index contributed by atoms with van der Waals surface area (Å²) in [6.07, 6.45) is 4.50. The highest BCUT2D eigenvalue weighted by Crippen LogP contribution is 2.23. The lowest BCUT2D eigenvalue weighted by Gasteiger charge is -2.45. The molecule has 0 aromatic carbocycles. The van der Waals surface area contributed by atoms with E-state index in [2.05, 4.69) is 15.5 Å². The normalized spacial score (nSPS) is 26.3. The highest BCUT2D eigenvalue weighted by Gasteiger charge is 2.31. The third-order valence-electron chi connectivity index (χ3n) is 3.79. The third-order valence-corrected chi connectivity index (χ3v) is 3.79. The molecule has 2 aliphatic rings. The molecule has 0 radical (unpaired) electrons. The zero-order valence-corrected chi connectivity index (χ0v) is 10.6. The van der Waals surface area contributed by atoms with Gasteiger partial charge in [0, 0.05) is 32.2 Å². The Bertz CT molecular complexity index is 256. The summed E-state index contributed by atoms with van der Waals surface area (Å²) in [6.45, 7) is 3.97. The van der Waals surface area contributed by atoms with Gasteiger partial charge in [-0.2, -0.15) is 0 Å². The standard InChI is InChI=1S/C12H23N3O2/c1-13-12(16)17-7-5-10-4-2-3-6-15(10)11-8-14-9-11/h10-11,14H,2-9H2,1H3,(H,13,16). The molecule has 5 nitrogen and oxygen atoms in total. The number of likely N-dealkylation sites (tertiary alicyclic amines) is 1. The number of nitrogens with one attached hydrogen (secondary N) is 2. The van der Waals surface area contributed by atoms with Crippen LogP contribution in [0.1, 0.15) is 25.7 Å². The molecule has 0 saturated carbocycles. The second kappa shape index (κ2) is 6.21. The maximum Gasteiger partial charge on any atom is 0.406 e. The molecule has 2 saturated heterocycles. The molecule has 1 unspecified atom stereocenters. The fourth-order valence-electron chi connectivity index (χ4n) is 2.68. The molecular formula is C12H23N3O2. The van der Waals surface area contributed by atoms with Crippen LogP contribution in [0.5, 0.6) is 0 Å². The van der Waals surface area contributed by atoms with E-state index in [0.29, 0.717) is 18.7 Å². The number of amides is 1. The molecule has 1 atom stereocenters. The van der Waals surface area contributed by atoms with Crippen molar-refractivity contribution in [3.05, 3.63) is 0 Å². The van der Waals surface area contributed by atoms with Gasteiger partial charge in [-0.05, 0) is 25.8 Å². The topological polar surface area (TPSA) is 53.6 Å². The van der Waals surface area contributed by atoms with Crippen LogP contribution in [0.2, 0.25) is 0 Å². The fourth-order valence-corrected chi connectivity index (χ4v) is 2.68. The van der Waals surface area contributed by atoms with Gasteiger partial charge in [-0.25, -0.2) is 4.79 Å². The first-order valence-corrected chi connectivity index (χ1v) is 6.62. The number of carbonyl (C=O) groups is 1. The van der Waals surface area contributed by atoms with E-state index in [4.69, 9.17) is 4.74 Å². The van der Waals surface area contributed by atoms with Crippen LogP contribution in [-0.4, -0.2) is 56.4 Å². The molecule has 98 valence electrons. The van der Waals surface area contributed by atoms with Crippen molar-refractivity contribution < 1.29 is 9.53 Å². The van der Waals surface area contributed by atoms with Crippen molar-refractivity contribution in [3.8, 4) is 0 Å². The van der Waals surface area contributed by atoms with E-state index < -0.39 is 0 Å². The summed E-state index contributed by atoms with van der Waals surface area (Å²) in [6, 6.07) is 1.31. The second-order valence-corrected chi connectivity index (χ2v) is 4.87. The first-order valence-electron chi connectivity index (χ1n) is 6.62. The van der Waals surface area contributed by atoms with Crippen LogP contribution < -0.4 is 10.6 Å². The average Bonchev–Trinajstić information content (AvgIpc) is 2.29. The summed E-state index contributed by atoms with van der Waals surface area (Å²) >= 11 is 0. The Morgan fingerprint density at radius 1 is 1.47 bits per heavy atom. The fraction of sp³-hybridized carbons (Fsp3) is 0.917. The van der Waals surface area contributed by atoms with Gasteiger partial charge in [-0.3, -0.25) is 4.90 Å². The molecule has 17 heavy (non-hydrogen) atoms. The SMILES string of the molecule is CNC(=O)OCCC1CCCCN1C1CNC1. The largest absolute Gasteiger partial charge is 0.450 e. The van der Waals surface area contributed by atoms with E-state index in [-0.39, 0.29) is 6.09 Å². The molecule has 1 amide bonds. The second-order valence-electron chi connectivity index (χ2n) is 4.87. The van der Waals surface area contributed by atoms with Crippen molar-refractivity contribution in [1.82, 2.24) is 15.5 Å². The van der Waals surface area contributed by atoms with Crippen molar-refractivity contribution >= 4 is 6.09 Å². The van der Waals surface area contributed by atoms with Gasteiger partial charge in [-0.15, -0.1) is 0 Å². The Hall–Kier alpha value is -0.810. The first kappa shape index (κ1) is 12.6. The number of ether oxygens (including phenoxy) is 1. The van der Waals surface area contributed by atoms with Gasteiger partial charge in [0.05, 0.1) is 6.61 Å². The Labute approximate surface area is 103 Å². The van der Waals surface area contributed by atoms with Crippen LogP contribution in [0.15, 0.2) is 0 Å². The summed E-state index contributed by atoms with van der Waals surface area (Å²) in [5.74, 6) is 0. The minimum atomic E-state index is -0.322. The monoisotopic (exact) mass is 241 g/mol. The van der Waals surface area contributed by atoms with Gasteiger partial charge in [0.25, 0.3) is 0 Å². The van der Waals surface area contributed by atoms with Crippen LogP contribution in [0.4, 0.5) is 4.79 Å². The zero-order valence-electron chi connectivity index (χ0n) is 10.6. The highest BCUT2D eigenvalue weighted by molar-refractivity contribution is 5.66. The van der Waals surface area contributed by atoms with E-state index in [0.717, 1.165) is 19.5 Å². The summed E-state index contributed by atoms with van der Waals surface area (Å²) in [5.41, 5.74) is 0. The molecule has 2 heterocycles. The van der Waals surface area contributed by atoms with Crippen LogP contribution in [0, 0.1) is 0 Å².